The summed E-state index contributed by atoms with van der Waals surface area (Å²) in [5, 5.41) is 3.03. The second-order valence-corrected chi connectivity index (χ2v) is 4.65. The Labute approximate surface area is 137 Å². The fourth-order valence-electron chi connectivity index (χ4n) is 1.95. The topological polar surface area (TPSA) is 67.9 Å². The summed E-state index contributed by atoms with van der Waals surface area (Å²) in [6, 6.07) is 5.24. The van der Waals surface area contributed by atoms with Crippen LogP contribution >= 0.6 is 0 Å². The lowest BCUT2D eigenvalue weighted by Gasteiger charge is -2.22. The molecule has 1 amide bonds. The van der Waals surface area contributed by atoms with E-state index in [1.165, 1.54) is 4.90 Å². The number of nitrogens with zero attached hydrogens (tertiary/aromatic N) is 1. The van der Waals surface area contributed by atoms with Crippen LogP contribution in [0.3, 0.4) is 0 Å². The van der Waals surface area contributed by atoms with E-state index in [9.17, 15) is 9.59 Å². The minimum absolute atomic E-state index is 0.0399. The molecule has 0 radical (unpaired) electrons. The molecule has 23 heavy (non-hydrogen) atoms. The highest BCUT2D eigenvalue weighted by Crippen LogP contribution is 2.28. The SMILES string of the molecule is CC=CNc1cccc(N(C)C(=O)COCC)c1C(=O)OCC. The molecule has 1 rings (SSSR count). The first-order chi connectivity index (χ1) is 11.1. The van der Waals surface area contributed by atoms with Crippen molar-refractivity contribution in [2.24, 2.45) is 0 Å². The summed E-state index contributed by atoms with van der Waals surface area (Å²) in [6.45, 7) is 6.09. The standard InChI is InChI=1S/C17H24N2O4/c1-5-11-18-13-9-8-10-14(16(13)17(21)23-7-3)19(4)15(20)12-22-6-2/h5,8-11,18H,6-7,12H2,1-4H3. The fraction of sp³-hybridized carbons (Fsp3) is 0.412. The lowest BCUT2D eigenvalue weighted by molar-refractivity contribution is -0.122. The van der Waals surface area contributed by atoms with Gasteiger partial charge in [-0.15, -0.1) is 0 Å². The molecule has 0 bridgehead atoms. The first kappa shape index (κ1) is 18.7. The van der Waals surface area contributed by atoms with Gasteiger partial charge < -0.3 is 19.7 Å². The predicted octanol–water partition coefficient (Wildman–Crippen LogP) is 2.81. The van der Waals surface area contributed by atoms with Gasteiger partial charge in [0.1, 0.15) is 12.2 Å². The van der Waals surface area contributed by atoms with Crippen molar-refractivity contribution in [3.05, 3.63) is 36.0 Å². The third-order valence-electron chi connectivity index (χ3n) is 3.09. The van der Waals surface area contributed by atoms with E-state index in [2.05, 4.69) is 5.32 Å². The number of rotatable bonds is 8. The van der Waals surface area contributed by atoms with Gasteiger partial charge in [0.05, 0.1) is 18.0 Å². The summed E-state index contributed by atoms with van der Waals surface area (Å²) in [7, 11) is 1.61. The maximum absolute atomic E-state index is 12.3. The van der Waals surface area contributed by atoms with E-state index < -0.39 is 5.97 Å². The van der Waals surface area contributed by atoms with Crippen molar-refractivity contribution in [1.29, 1.82) is 0 Å². The Morgan fingerprint density at radius 1 is 1.26 bits per heavy atom. The quantitative estimate of drug-likeness (QED) is 0.746. The number of nitrogens with one attached hydrogen (secondary N) is 1. The van der Waals surface area contributed by atoms with E-state index >= 15 is 0 Å². The normalized spacial score (nSPS) is 10.6. The van der Waals surface area contributed by atoms with Crippen LogP contribution in [-0.2, 0) is 14.3 Å². The molecule has 0 saturated heterocycles. The fourth-order valence-corrected chi connectivity index (χ4v) is 1.95. The molecule has 0 atom stereocenters. The van der Waals surface area contributed by atoms with Gasteiger partial charge >= 0.3 is 5.97 Å². The molecule has 1 aromatic carbocycles. The van der Waals surface area contributed by atoms with E-state index in [-0.39, 0.29) is 19.1 Å². The second-order valence-electron chi connectivity index (χ2n) is 4.65. The van der Waals surface area contributed by atoms with Crippen molar-refractivity contribution in [2.75, 3.05) is 37.1 Å². The monoisotopic (exact) mass is 320 g/mol. The number of carbonyl (C=O) groups is 2. The average molecular weight is 320 g/mol. The van der Waals surface area contributed by atoms with E-state index in [0.717, 1.165) is 0 Å². The summed E-state index contributed by atoms with van der Waals surface area (Å²) in [4.78, 5) is 25.9. The summed E-state index contributed by atoms with van der Waals surface area (Å²) >= 11 is 0. The molecule has 0 aliphatic carbocycles. The minimum atomic E-state index is -0.480. The number of amides is 1. The van der Waals surface area contributed by atoms with Gasteiger partial charge in [0.15, 0.2) is 0 Å². The van der Waals surface area contributed by atoms with E-state index in [1.54, 1.807) is 38.4 Å². The molecule has 1 aromatic rings. The van der Waals surface area contributed by atoms with Crippen LogP contribution in [0.15, 0.2) is 30.5 Å². The highest BCUT2D eigenvalue weighted by atomic mass is 16.5. The number of benzene rings is 1. The number of hydrogen-bond acceptors (Lipinski definition) is 5. The molecule has 0 fully saturated rings. The Bertz CT molecular complexity index is 570. The van der Waals surface area contributed by atoms with Crippen LogP contribution in [0.5, 0.6) is 0 Å². The van der Waals surface area contributed by atoms with Gasteiger partial charge in [0.25, 0.3) is 5.91 Å². The van der Waals surface area contributed by atoms with Crippen LogP contribution in [0.2, 0.25) is 0 Å². The molecule has 0 aromatic heterocycles. The maximum Gasteiger partial charge on any atom is 0.342 e. The van der Waals surface area contributed by atoms with E-state index in [4.69, 9.17) is 9.47 Å². The molecule has 6 nitrogen and oxygen atoms in total. The largest absolute Gasteiger partial charge is 0.462 e. The van der Waals surface area contributed by atoms with Gasteiger partial charge in [-0.2, -0.15) is 0 Å². The van der Waals surface area contributed by atoms with E-state index in [1.807, 2.05) is 19.9 Å². The van der Waals surface area contributed by atoms with Crippen LogP contribution in [0.1, 0.15) is 31.1 Å². The zero-order valence-electron chi connectivity index (χ0n) is 14.1. The first-order valence-corrected chi connectivity index (χ1v) is 7.58. The molecule has 126 valence electrons. The third kappa shape index (κ3) is 5.10. The molecular weight excluding hydrogens is 296 g/mol. The molecule has 6 heteroatoms. The number of anilines is 2. The molecule has 0 aliphatic heterocycles. The van der Waals surface area contributed by atoms with Crippen LogP contribution < -0.4 is 10.2 Å². The van der Waals surface area contributed by atoms with Gasteiger partial charge in [-0.05, 0) is 39.1 Å². The summed E-state index contributed by atoms with van der Waals surface area (Å²) in [5.41, 5.74) is 1.37. The van der Waals surface area contributed by atoms with Crippen LogP contribution in [0.4, 0.5) is 11.4 Å². The average Bonchev–Trinajstić information content (AvgIpc) is 2.56. The number of allylic oxidation sites excluding steroid dienone is 1. The summed E-state index contributed by atoms with van der Waals surface area (Å²) < 4.78 is 10.3. The smallest absolute Gasteiger partial charge is 0.342 e. The second kappa shape index (κ2) is 9.63. The molecule has 0 saturated carbocycles. The Kier molecular flexibility index (Phi) is 7.83. The van der Waals surface area contributed by atoms with Gasteiger partial charge in [-0.1, -0.05) is 12.1 Å². The molecule has 0 spiro atoms. The summed E-state index contributed by atoms with van der Waals surface area (Å²) in [6.07, 6.45) is 3.52. The van der Waals surface area contributed by atoms with Gasteiger partial charge in [-0.3, -0.25) is 4.79 Å². The van der Waals surface area contributed by atoms with Gasteiger partial charge in [-0.25, -0.2) is 4.79 Å². The molecule has 1 N–H and O–H groups in total. The Balaban J connectivity index is 3.23. The van der Waals surface area contributed by atoms with Crippen molar-refractivity contribution >= 4 is 23.3 Å². The van der Waals surface area contributed by atoms with Gasteiger partial charge in [0, 0.05) is 13.7 Å². The van der Waals surface area contributed by atoms with Crippen molar-refractivity contribution in [2.45, 2.75) is 20.8 Å². The van der Waals surface area contributed by atoms with E-state index in [0.29, 0.717) is 23.5 Å². The molecule has 0 aliphatic rings. The Morgan fingerprint density at radius 3 is 2.61 bits per heavy atom. The number of likely N-dealkylation sites (N-methyl/N-ethyl adjacent to an activating group) is 1. The molecular formula is C17H24N2O4. The summed E-state index contributed by atoms with van der Waals surface area (Å²) in [5.74, 6) is -0.716. The zero-order chi connectivity index (χ0) is 17.2. The van der Waals surface area contributed by atoms with Crippen molar-refractivity contribution in [3.8, 4) is 0 Å². The number of hydrogen-bond donors (Lipinski definition) is 1. The van der Waals surface area contributed by atoms with Gasteiger partial charge in [0.2, 0.25) is 0 Å². The highest BCUT2D eigenvalue weighted by Gasteiger charge is 2.22. The zero-order valence-corrected chi connectivity index (χ0v) is 14.1. The first-order valence-electron chi connectivity index (χ1n) is 7.58. The lowest BCUT2D eigenvalue weighted by Crippen LogP contribution is -2.31. The molecule has 0 unspecified atom stereocenters. The number of ether oxygens (including phenoxy) is 2. The third-order valence-corrected chi connectivity index (χ3v) is 3.09. The minimum Gasteiger partial charge on any atom is -0.462 e. The lowest BCUT2D eigenvalue weighted by atomic mass is 10.1. The molecule has 0 heterocycles. The Morgan fingerprint density at radius 2 is 2.00 bits per heavy atom. The highest BCUT2D eigenvalue weighted by molar-refractivity contribution is 6.06. The van der Waals surface area contributed by atoms with Crippen molar-refractivity contribution in [1.82, 2.24) is 0 Å². The number of carbonyl (C=O) groups excluding carboxylic acids is 2. The Hall–Kier alpha value is -2.34. The maximum atomic E-state index is 12.3. The van der Waals surface area contributed by atoms with Crippen LogP contribution in [0.25, 0.3) is 0 Å². The predicted molar refractivity (Wildman–Crippen MR) is 90.7 cm³/mol. The van der Waals surface area contributed by atoms with Crippen LogP contribution in [0, 0.1) is 0 Å². The number of esters is 1. The van der Waals surface area contributed by atoms with Crippen LogP contribution in [-0.4, -0.2) is 38.7 Å². The van der Waals surface area contributed by atoms with Crippen molar-refractivity contribution in [3.63, 3.8) is 0 Å². The van der Waals surface area contributed by atoms with Crippen molar-refractivity contribution < 1.29 is 19.1 Å².